The number of hydrogen-bond donors (Lipinski definition) is 0. The first-order valence-corrected chi connectivity index (χ1v) is 11.3. The Kier molecular flexibility index (Phi) is 5.84. The van der Waals surface area contributed by atoms with Gasteiger partial charge in [0.25, 0.3) is 5.91 Å². The number of aryl methyl sites for hydroxylation is 1. The van der Waals surface area contributed by atoms with Gasteiger partial charge in [-0.25, -0.2) is 0 Å². The van der Waals surface area contributed by atoms with Crippen LogP contribution < -0.4 is 5.19 Å². The van der Waals surface area contributed by atoms with E-state index in [2.05, 4.69) is 38.7 Å². The van der Waals surface area contributed by atoms with Crippen LogP contribution in [-0.4, -0.2) is 32.0 Å². The summed E-state index contributed by atoms with van der Waals surface area (Å²) in [6, 6.07) is 4.20. The zero-order chi connectivity index (χ0) is 15.5. The maximum absolute atomic E-state index is 12.8. The molecule has 0 fully saturated rings. The summed E-state index contributed by atoms with van der Waals surface area (Å²) in [7, 11) is -1.61. The maximum Gasteiger partial charge on any atom is 0.255 e. The lowest BCUT2D eigenvalue weighted by atomic mass is 10.1. The van der Waals surface area contributed by atoms with Gasteiger partial charge in [0.05, 0.1) is 18.7 Å². The first-order valence-electron chi connectivity index (χ1n) is 7.38. The third-order valence-corrected chi connectivity index (χ3v) is 6.14. The monoisotopic (exact) mass is 311 g/mol. The number of halogens is 1. The highest BCUT2D eigenvalue weighted by atomic mass is 35.5. The Bertz CT molecular complexity index is 490. The first-order chi connectivity index (χ1) is 9.27. The second-order valence-electron chi connectivity index (χ2n) is 6.04. The number of hydrogen-bond acceptors (Lipinski definition) is 1. The molecular weight excluding hydrogens is 286 g/mol. The third-order valence-electron chi connectivity index (χ3n) is 3.68. The van der Waals surface area contributed by atoms with Gasteiger partial charge in [-0.3, -0.25) is 4.79 Å². The molecule has 1 amide bonds. The molecule has 0 unspecified atom stereocenters. The number of benzene rings is 1. The van der Waals surface area contributed by atoms with Crippen LogP contribution in [0.25, 0.3) is 0 Å². The van der Waals surface area contributed by atoms with Gasteiger partial charge in [0.1, 0.15) is 0 Å². The quantitative estimate of drug-likeness (QED) is 0.755. The van der Waals surface area contributed by atoms with Gasteiger partial charge in [0.15, 0.2) is 0 Å². The molecule has 0 bridgehead atoms. The van der Waals surface area contributed by atoms with Crippen molar-refractivity contribution in [1.82, 2.24) is 4.90 Å². The third kappa shape index (κ3) is 3.44. The highest BCUT2D eigenvalue weighted by molar-refractivity contribution is 6.89. The molecule has 0 atom stereocenters. The highest BCUT2D eigenvalue weighted by Gasteiger charge is 2.28. The summed E-state index contributed by atoms with van der Waals surface area (Å²) in [6.07, 6.45) is 0.851. The van der Waals surface area contributed by atoms with Crippen LogP contribution in [0.15, 0.2) is 12.1 Å². The minimum atomic E-state index is -1.61. The lowest BCUT2D eigenvalue weighted by Gasteiger charge is -2.26. The number of carbonyl (C=O) groups excluding carboxylic acids is 1. The summed E-state index contributed by atoms with van der Waals surface area (Å²) >= 11 is 6.55. The van der Waals surface area contributed by atoms with Crippen molar-refractivity contribution in [2.45, 2.75) is 46.8 Å². The number of rotatable bonds is 5. The Morgan fingerprint density at radius 3 is 2.10 bits per heavy atom. The molecule has 112 valence electrons. The zero-order valence-electron chi connectivity index (χ0n) is 13.5. The Morgan fingerprint density at radius 2 is 1.70 bits per heavy atom. The largest absolute Gasteiger partial charge is 0.339 e. The standard InChI is InChI=1S/C16H26ClNOSi/c1-7-12-10-11-13(20(4,5)6)14(15(12)17)16(19)18(8-2)9-3/h10-11H,7-9H2,1-6H3. The van der Waals surface area contributed by atoms with E-state index < -0.39 is 8.07 Å². The molecule has 0 saturated heterocycles. The summed E-state index contributed by atoms with van der Waals surface area (Å²) < 4.78 is 0. The normalized spacial score (nSPS) is 11.6. The van der Waals surface area contributed by atoms with Crippen molar-refractivity contribution < 1.29 is 4.79 Å². The second-order valence-corrected chi connectivity index (χ2v) is 11.5. The number of carbonyl (C=O) groups is 1. The van der Waals surface area contributed by atoms with Crippen molar-refractivity contribution >= 4 is 30.8 Å². The lowest BCUT2D eigenvalue weighted by Crippen LogP contribution is -2.44. The van der Waals surface area contributed by atoms with E-state index in [9.17, 15) is 4.79 Å². The van der Waals surface area contributed by atoms with Gasteiger partial charge in [-0.1, -0.05) is 50.3 Å². The van der Waals surface area contributed by atoms with Crippen LogP contribution in [0, 0.1) is 0 Å². The van der Waals surface area contributed by atoms with Gasteiger partial charge in [-0.05, 0) is 31.0 Å². The Labute approximate surface area is 129 Å². The molecule has 0 radical (unpaired) electrons. The fraction of sp³-hybridized carbons (Fsp3) is 0.562. The molecule has 0 heterocycles. The Hall–Kier alpha value is -0.803. The van der Waals surface area contributed by atoms with Crippen LogP contribution in [0.4, 0.5) is 0 Å². The van der Waals surface area contributed by atoms with Crippen molar-refractivity contribution in [3.05, 3.63) is 28.3 Å². The zero-order valence-corrected chi connectivity index (χ0v) is 15.3. The molecule has 0 aliphatic carbocycles. The van der Waals surface area contributed by atoms with Crippen molar-refractivity contribution in [3.63, 3.8) is 0 Å². The molecule has 1 rings (SSSR count). The smallest absolute Gasteiger partial charge is 0.255 e. The predicted octanol–water partition coefficient (Wildman–Crippen LogP) is 3.93. The van der Waals surface area contributed by atoms with Gasteiger partial charge in [0, 0.05) is 13.1 Å². The lowest BCUT2D eigenvalue weighted by molar-refractivity contribution is 0.0774. The van der Waals surface area contributed by atoms with Crippen LogP contribution in [0.1, 0.15) is 36.7 Å². The maximum atomic E-state index is 12.8. The molecule has 4 heteroatoms. The molecule has 0 aliphatic rings. The van der Waals surface area contributed by atoms with E-state index in [-0.39, 0.29) is 5.91 Å². The minimum absolute atomic E-state index is 0.0766. The average molecular weight is 312 g/mol. The highest BCUT2D eigenvalue weighted by Crippen LogP contribution is 2.24. The van der Waals surface area contributed by atoms with Gasteiger partial charge in [-0.2, -0.15) is 0 Å². The van der Waals surface area contributed by atoms with Crippen molar-refractivity contribution in [2.75, 3.05) is 13.1 Å². The van der Waals surface area contributed by atoms with E-state index >= 15 is 0 Å². The van der Waals surface area contributed by atoms with Crippen molar-refractivity contribution in [3.8, 4) is 0 Å². The van der Waals surface area contributed by atoms with Crippen LogP contribution in [0.5, 0.6) is 0 Å². The molecule has 1 aromatic rings. The fourth-order valence-corrected chi connectivity index (χ4v) is 4.42. The van der Waals surface area contributed by atoms with Gasteiger partial charge in [0.2, 0.25) is 0 Å². The van der Waals surface area contributed by atoms with E-state index in [0.29, 0.717) is 18.1 Å². The number of amides is 1. The summed E-state index contributed by atoms with van der Waals surface area (Å²) in [5, 5.41) is 1.82. The molecule has 0 aromatic heterocycles. The van der Waals surface area contributed by atoms with Gasteiger partial charge in [-0.15, -0.1) is 0 Å². The summed E-state index contributed by atoms with van der Waals surface area (Å²) in [5.41, 5.74) is 1.80. The van der Waals surface area contributed by atoms with E-state index in [1.807, 2.05) is 18.7 Å². The topological polar surface area (TPSA) is 20.3 Å². The van der Waals surface area contributed by atoms with E-state index in [4.69, 9.17) is 11.6 Å². The SMILES string of the molecule is CCc1ccc([Si](C)(C)C)c(C(=O)N(CC)CC)c1Cl. The molecule has 0 saturated carbocycles. The van der Waals surface area contributed by atoms with Gasteiger partial charge >= 0.3 is 0 Å². The summed E-state index contributed by atoms with van der Waals surface area (Å²) in [5.74, 6) is 0.0766. The molecule has 0 N–H and O–H groups in total. The van der Waals surface area contributed by atoms with E-state index in [1.54, 1.807) is 0 Å². The van der Waals surface area contributed by atoms with Crippen LogP contribution >= 0.6 is 11.6 Å². The molecule has 0 aliphatic heterocycles. The molecule has 0 spiro atoms. The molecular formula is C16H26ClNOSi. The minimum Gasteiger partial charge on any atom is -0.339 e. The summed E-state index contributed by atoms with van der Waals surface area (Å²) in [6.45, 7) is 14.3. The Balaban J connectivity index is 3.51. The molecule has 20 heavy (non-hydrogen) atoms. The number of nitrogens with zero attached hydrogens (tertiary/aromatic N) is 1. The summed E-state index contributed by atoms with van der Waals surface area (Å²) in [4.78, 5) is 14.7. The molecule has 1 aromatic carbocycles. The van der Waals surface area contributed by atoms with Crippen LogP contribution in [0.3, 0.4) is 0 Å². The van der Waals surface area contributed by atoms with Gasteiger partial charge < -0.3 is 4.90 Å². The van der Waals surface area contributed by atoms with Crippen molar-refractivity contribution in [1.29, 1.82) is 0 Å². The molecule has 2 nitrogen and oxygen atoms in total. The Morgan fingerprint density at radius 1 is 1.15 bits per heavy atom. The average Bonchev–Trinajstić information content (AvgIpc) is 2.38. The van der Waals surface area contributed by atoms with Crippen LogP contribution in [-0.2, 0) is 6.42 Å². The van der Waals surface area contributed by atoms with E-state index in [0.717, 1.165) is 22.7 Å². The second kappa shape index (κ2) is 6.77. The predicted molar refractivity (Wildman–Crippen MR) is 91.1 cm³/mol. The van der Waals surface area contributed by atoms with Crippen molar-refractivity contribution in [2.24, 2.45) is 0 Å². The van der Waals surface area contributed by atoms with E-state index in [1.165, 1.54) is 0 Å². The fourth-order valence-electron chi connectivity index (χ4n) is 2.40. The van der Waals surface area contributed by atoms with Crippen LogP contribution in [0.2, 0.25) is 24.7 Å². The first kappa shape index (κ1) is 17.2.